The molecule has 1 aromatic heterocycles. The van der Waals surface area contributed by atoms with Crippen LogP contribution in [0.5, 0.6) is 0 Å². The molecular weight excluding hydrogens is 267 g/mol. The van der Waals surface area contributed by atoms with E-state index in [2.05, 4.69) is 11.7 Å². The Morgan fingerprint density at radius 3 is 2.90 bits per heavy atom. The minimum Gasteiger partial charge on any atom is -0.356 e. The number of para-hydroxylation sites is 1. The molecule has 21 heavy (non-hydrogen) atoms. The van der Waals surface area contributed by atoms with Gasteiger partial charge >= 0.3 is 0 Å². The maximum atomic E-state index is 13.6. The summed E-state index contributed by atoms with van der Waals surface area (Å²) >= 11 is 0. The lowest BCUT2D eigenvalue weighted by atomic mass is 9.95. The topological polar surface area (TPSA) is 52.0 Å². The van der Waals surface area contributed by atoms with Gasteiger partial charge in [-0.1, -0.05) is 23.4 Å². The molecule has 1 heterocycles. The highest BCUT2D eigenvalue weighted by atomic mass is 19.1. The van der Waals surface area contributed by atoms with E-state index in [9.17, 15) is 4.39 Å². The Hall–Kier alpha value is -2.46. The van der Waals surface area contributed by atoms with Crippen molar-refractivity contribution in [2.45, 2.75) is 12.5 Å². The fraction of sp³-hybridized carbons (Fsp3) is 0.118. The molecule has 2 aromatic carbocycles. The smallest absolute Gasteiger partial charge is 0.167 e. The van der Waals surface area contributed by atoms with Crippen molar-refractivity contribution >= 4 is 11.0 Å². The molecule has 0 spiro atoms. The van der Waals surface area contributed by atoms with Crippen molar-refractivity contribution in [3.05, 3.63) is 66.5 Å². The monoisotopic (exact) mass is 282 g/mol. The lowest BCUT2D eigenvalue weighted by Crippen LogP contribution is -2.11. The average molecular weight is 282 g/mol. The molecule has 0 bridgehead atoms. The van der Waals surface area contributed by atoms with Crippen molar-refractivity contribution in [3.8, 4) is 11.3 Å². The van der Waals surface area contributed by atoms with Crippen LogP contribution in [0, 0.1) is 5.82 Å². The molecule has 1 atom stereocenters. The number of halogens is 1. The fourth-order valence-corrected chi connectivity index (χ4v) is 2.44. The summed E-state index contributed by atoms with van der Waals surface area (Å²) in [5.41, 5.74) is 8.99. The van der Waals surface area contributed by atoms with Gasteiger partial charge in [0.25, 0.3) is 0 Å². The van der Waals surface area contributed by atoms with E-state index >= 15 is 0 Å². The third-order valence-corrected chi connectivity index (χ3v) is 3.47. The lowest BCUT2D eigenvalue weighted by Gasteiger charge is -2.14. The molecule has 0 radical (unpaired) electrons. The highest BCUT2D eigenvalue weighted by Gasteiger charge is 2.17. The summed E-state index contributed by atoms with van der Waals surface area (Å²) in [6, 6.07) is 11.8. The second-order valence-electron chi connectivity index (χ2n) is 4.89. The third kappa shape index (κ3) is 2.45. The maximum Gasteiger partial charge on any atom is 0.167 e. The predicted molar refractivity (Wildman–Crippen MR) is 81.1 cm³/mol. The zero-order valence-corrected chi connectivity index (χ0v) is 11.4. The summed E-state index contributed by atoms with van der Waals surface area (Å²) in [4.78, 5) is 0. The number of fused-ring (bicyclic) bond motifs is 1. The van der Waals surface area contributed by atoms with E-state index in [4.69, 9.17) is 10.3 Å². The summed E-state index contributed by atoms with van der Waals surface area (Å²) < 4.78 is 18.9. The predicted octanol–water partition coefficient (Wildman–Crippen LogP) is 4.21. The van der Waals surface area contributed by atoms with E-state index < -0.39 is 0 Å². The van der Waals surface area contributed by atoms with E-state index in [1.165, 1.54) is 12.1 Å². The van der Waals surface area contributed by atoms with Gasteiger partial charge < -0.3 is 10.3 Å². The summed E-state index contributed by atoms with van der Waals surface area (Å²) in [5.74, 6) is -0.318. The molecule has 3 rings (SSSR count). The van der Waals surface area contributed by atoms with E-state index in [1.54, 1.807) is 12.1 Å². The molecule has 3 aromatic rings. The average Bonchev–Trinajstić information content (AvgIpc) is 2.91. The van der Waals surface area contributed by atoms with Gasteiger partial charge in [-0.25, -0.2) is 4.39 Å². The summed E-state index contributed by atoms with van der Waals surface area (Å²) in [7, 11) is 0. The molecular formula is C17H15FN2O. The molecule has 0 aliphatic heterocycles. The lowest BCUT2D eigenvalue weighted by molar-refractivity contribution is 0.459. The van der Waals surface area contributed by atoms with Gasteiger partial charge in [0.15, 0.2) is 5.58 Å². The van der Waals surface area contributed by atoms with Gasteiger partial charge in [0.05, 0.1) is 0 Å². The second-order valence-corrected chi connectivity index (χ2v) is 4.89. The van der Waals surface area contributed by atoms with Gasteiger partial charge in [0.1, 0.15) is 11.5 Å². The first-order valence-corrected chi connectivity index (χ1v) is 6.71. The van der Waals surface area contributed by atoms with Crippen molar-refractivity contribution in [1.82, 2.24) is 5.16 Å². The first kappa shape index (κ1) is 13.5. The van der Waals surface area contributed by atoms with Crippen molar-refractivity contribution in [2.75, 3.05) is 0 Å². The van der Waals surface area contributed by atoms with Crippen LogP contribution in [0.25, 0.3) is 22.2 Å². The van der Waals surface area contributed by atoms with Crippen molar-refractivity contribution < 1.29 is 8.91 Å². The Balaban J connectivity index is 2.20. The van der Waals surface area contributed by atoms with Crippen LogP contribution < -0.4 is 5.73 Å². The number of nitrogens with zero attached hydrogens (tertiary/aromatic N) is 1. The first-order chi connectivity index (χ1) is 10.2. The number of rotatable bonds is 4. The van der Waals surface area contributed by atoms with Crippen LogP contribution in [-0.2, 0) is 0 Å². The molecule has 0 saturated heterocycles. The molecule has 1 unspecified atom stereocenters. The molecule has 0 aliphatic rings. The molecule has 4 heteroatoms. The minimum absolute atomic E-state index is 0.318. The van der Waals surface area contributed by atoms with Crippen LogP contribution in [0.2, 0.25) is 0 Å². The van der Waals surface area contributed by atoms with Crippen LogP contribution in [0.1, 0.15) is 18.0 Å². The highest BCUT2D eigenvalue weighted by Crippen LogP contribution is 2.33. The van der Waals surface area contributed by atoms with Crippen LogP contribution >= 0.6 is 0 Å². The maximum absolute atomic E-state index is 13.6. The van der Waals surface area contributed by atoms with Gasteiger partial charge in [-0.15, -0.1) is 6.58 Å². The van der Waals surface area contributed by atoms with Crippen LogP contribution in [0.4, 0.5) is 4.39 Å². The Morgan fingerprint density at radius 2 is 2.10 bits per heavy atom. The standard InChI is InChI=1S/C17H15FN2O/c1-2-5-15(19)14-10-11(18)8-9-12(14)17-13-6-3-4-7-16(13)21-20-17/h2-4,6-10,15H,1,5,19H2. The van der Waals surface area contributed by atoms with Crippen LogP contribution in [0.15, 0.2) is 59.6 Å². The van der Waals surface area contributed by atoms with Gasteiger partial charge in [-0.3, -0.25) is 0 Å². The van der Waals surface area contributed by atoms with E-state index in [0.717, 1.165) is 10.9 Å². The molecule has 2 N–H and O–H groups in total. The third-order valence-electron chi connectivity index (χ3n) is 3.47. The second kappa shape index (κ2) is 5.50. The molecule has 3 nitrogen and oxygen atoms in total. The Morgan fingerprint density at radius 1 is 1.29 bits per heavy atom. The Kier molecular flexibility index (Phi) is 3.54. The van der Waals surface area contributed by atoms with Crippen molar-refractivity contribution in [3.63, 3.8) is 0 Å². The van der Waals surface area contributed by atoms with Crippen LogP contribution in [-0.4, -0.2) is 5.16 Å². The SMILES string of the molecule is C=CCC(N)c1cc(F)ccc1-c1noc2ccccc12. The molecule has 106 valence electrons. The molecule has 0 saturated carbocycles. The quantitative estimate of drug-likeness (QED) is 0.729. The van der Waals surface area contributed by atoms with Gasteiger partial charge in [-0.2, -0.15) is 0 Å². The number of hydrogen-bond donors (Lipinski definition) is 1. The zero-order valence-electron chi connectivity index (χ0n) is 11.4. The molecule has 0 fully saturated rings. The summed E-state index contributed by atoms with van der Waals surface area (Å²) in [5, 5.41) is 5.00. The van der Waals surface area contributed by atoms with E-state index in [1.807, 2.05) is 24.3 Å². The summed E-state index contributed by atoms with van der Waals surface area (Å²) in [6.45, 7) is 3.68. The fourth-order valence-electron chi connectivity index (χ4n) is 2.44. The van der Waals surface area contributed by atoms with E-state index in [0.29, 0.717) is 23.3 Å². The molecule has 0 aliphatic carbocycles. The van der Waals surface area contributed by atoms with Gasteiger partial charge in [0.2, 0.25) is 0 Å². The first-order valence-electron chi connectivity index (χ1n) is 6.71. The largest absolute Gasteiger partial charge is 0.356 e. The van der Waals surface area contributed by atoms with Gasteiger partial charge in [-0.05, 0) is 42.3 Å². The Labute approximate surface area is 121 Å². The number of hydrogen-bond acceptors (Lipinski definition) is 3. The molecule has 0 amide bonds. The number of benzene rings is 2. The minimum atomic E-state index is -0.330. The normalized spacial score (nSPS) is 12.5. The van der Waals surface area contributed by atoms with Gasteiger partial charge in [0, 0.05) is 17.0 Å². The number of nitrogens with two attached hydrogens (primary N) is 1. The number of aromatic nitrogens is 1. The van der Waals surface area contributed by atoms with Crippen molar-refractivity contribution in [2.24, 2.45) is 5.73 Å². The van der Waals surface area contributed by atoms with Crippen molar-refractivity contribution in [1.29, 1.82) is 0 Å². The zero-order chi connectivity index (χ0) is 14.8. The van der Waals surface area contributed by atoms with Crippen LogP contribution in [0.3, 0.4) is 0 Å². The summed E-state index contributed by atoms with van der Waals surface area (Å²) in [6.07, 6.45) is 2.28. The Bertz CT molecular complexity index is 794. The highest BCUT2D eigenvalue weighted by molar-refractivity contribution is 5.92. The van der Waals surface area contributed by atoms with E-state index in [-0.39, 0.29) is 11.9 Å².